The fourth-order valence-electron chi connectivity index (χ4n) is 4.35. The van der Waals surface area contributed by atoms with Crippen molar-refractivity contribution in [3.63, 3.8) is 0 Å². The van der Waals surface area contributed by atoms with Gasteiger partial charge in [0.1, 0.15) is 23.0 Å². The molecule has 0 radical (unpaired) electrons. The monoisotopic (exact) mass is 502 g/mol. The number of halogens is 1. The van der Waals surface area contributed by atoms with E-state index in [4.69, 9.17) is 16.3 Å². The second kappa shape index (κ2) is 9.71. The van der Waals surface area contributed by atoms with Gasteiger partial charge in [-0.25, -0.2) is 15.0 Å². The number of methoxy groups -OCH3 is 1. The molecule has 36 heavy (non-hydrogen) atoms. The number of carbonyl (C=O) groups excluding carboxylic acids is 1. The van der Waals surface area contributed by atoms with E-state index in [9.17, 15) is 10.1 Å². The first-order chi connectivity index (χ1) is 17.5. The predicted molar refractivity (Wildman–Crippen MR) is 137 cm³/mol. The summed E-state index contributed by atoms with van der Waals surface area (Å²) in [5, 5.41) is 13.5. The Morgan fingerprint density at radius 1 is 1.14 bits per heavy atom. The lowest BCUT2D eigenvalue weighted by Crippen LogP contribution is -2.48. The minimum atomic E-state index is 0.0542. The van der Waals surface area contributed by atoms with E-state index in [2.05, 4.69) is 31.2 Å². The van der Waals surface area contributed by atoms with Gasteiger partial charge in [0.15, 0.2) is 5.75 Å². The molecule has 1 fully saturated rings. The van der Waals surface area contributed by atoms with Crippen LogP contribution in [-0.4, -0.2) is 63.4 Å². The highest BCUT2D eigenvalue weighted by Gasteiger charge is 2.24. The molecule has 0 bridgehead atoms. The van der Waals surface area contributed by atoms with Crippen molar-refractivity contribution in [1.29, 1.82) is 5.26 Å². The fourth-order valence-corrected chi connectivity index (χ4v) is 4.54. The van der Waals surface area contributed by atoms with E-state index in [0.29, 0.717) is 59.8 Å². The summed E-state index contributed by atoms with van der Waals surface area (Å²) in [7, 11) is 1.52. The van der Waals surface area contributed by atoms with Crippen LogP contribution >= 0.6 is 11.6 Å². The van der Waals surface area contributed by atoms with Gasteiger partial charge in [-0.2, -0.15) is 5.26 Å². The van der Waals surface area contributed by atoms with Gasteiger partial charge in [-0.3, -0.25) is 9.20 Å². The number of aromatic nitrogens is 4. The summed E-state index contributed by atoms with van der Waals surface area (Å²) >= 11 is 6.44. The Hall–Kier alpha value is -4.36. The number of ether oxygens (including phenoxy) is 1. The maximum absolute atomic E-state index is 11.7. The molecule has 1 aliphatic heterocycles. The molecular weight excluding hydrogens is 480 g/mol. The topological polar surface area (TPSA) is 112 Å². The van der Waals surface area contributed by atoms with E-state index in [1.165, 1.54) is 13.3 Å². The molecular formula is C25H23ClN8O2. The number of nitrogens with zero attached hydrogens (tertiary/aromatic N) is 7. The Morgan fingerprint density at radius 2 is 1.94 bits per heavy atom. The molecule has 0 unspecified atom stereocenters. The van der Waals surface area contributed by atoms with E-state index in [1.807, 2.05) is 40.9 Å². The maximum atomic E-state index is 11.7. The number of imidazole rings is 1. The van der Waals surface area contributed by atoms with Crippen LogP contribution in [0.2, 0.25) is 5.02 Å². The second-order valence-corrected chi connectivity index (χ2v) is 8.64. The summed E-state index contributed by atoms with van der Waals surface area (Å²) < 4.78 is 7.54. The molecule has 4 aromatic rings. The molecule has 182 valence electrons. The SMILES string of the molecule is COc1c(Nc2ncc(Cl)c(-c3cnc4ccccn34)n2)ccc(N2CCN(C(C)=O)CC2)c1C#N. The van der Waals surface area contributed by atoms with Crippen molar-refractivity contribution >= 4 is 40.5 Å². The first-order valence-electron chi connectivity index (χ1n) is 11.3. The van der Waals surface area contributed by atoms with Crippen LogP contribution in [-0.2, 0) is 4.79 Å². The first-order valence-corrected chi connectivity index (χ1v) is 11.7. The van der Waals surface area contributed by atoms with Crippen molar-refractivity contribution in [2.24, 2.45) is 0 Å². The minimum Gasteiger partial charge on any atom is -0.493 e. The lowest BCUT2D eigenvalue weighted by molar-refractivity contribution is -0.129. The molecule has 0 aliphatic carbocycles. The Bertz CT molecular complexity index is 1490. The number of rotatable bonds is 5. The second-order valence-electron chi connectivity index (χ2n) is 8.23. The van der Waals surface area contributed by atoms with Crippen molar-refractivity contribution in [2.75, 3.05) is 43.5 Å². The number of pyridine rings is 1. The van der Waals surface area contributed by atoms with Gasteiger partial charge in [0, 0.05) is 39.3 Å². The number of carbonyl (C=O) groups is 1. The standard InChI is InChI=1S/C25H23ClN8O2/c1-16(35)32-9-11-33(12-10-32)20-7-6-19(24(36-2)17(20)13-27)30-25-29-14-18(26)23(31-25)21-15-28-22-5-3-4-8-34(21)22/h3-8,14-15H,9-12H2,1-2H3,(H,29,30,31). The normalized spacial score (nSPS) is 13.5. The van der Waals surface area contributed by atoms with Gasteiger partial charge in [-0.1, -0.05) is 17.7 Å². The molecule has 1 N–H and O–H groups in total. The third-order valence-corrected chi connectivity index (χ3v) is 6.44. The van der Waals surface area contributed by atoms with E-state index in [0.717, 1.165) is 17.0 Å². The number of hydrogen-bond acceptors (Lipinski definition) is 8. The number of fused-ring (bicyclic) bond motifs is 1. The van der Waals surface area contributed by atoms with Crippen molar-refractivity contribution in [3.8, 4) is 23.2 Å². The summed E-state index contributed by atoms with van der Waals surface area (Å²) in [6, 6.07) is 11.7. The molecule has 3 aromatic heterocycles. The van der Waals surface area contributed by atoms with E-state index in [1.54, 1.807) is 18.0 Å². The number of nitriles is 1. The molecule has 5 rings (SSSR count). The molecule has 0 saturated carbocycles. The van der Waals surface area contributed by atoms with E-state index in [-0.39, 0.29) is 5.91 Å². The Kier molecular flexibility index (Phi) is 6.31. The number of anilines is 3. The number of piperazine rings is 1. The average Bonchev–Trinajstić information content (AvgIpc) is 3.33. The summed E-state index contributed by atoms with van der Waals surface area (Å²) in [5.74, 6) is 0.739. The van der Waals surface area contributed by atoms with Crippen LogP contribution in [0.4, 0.5) is 17.3 Å². The first kappa shape index (κ1) is 23.4. The zero-order chi connectivity index (χ0) is 25.2. The summed E-state index contributed by atoms with van der Waals surface area (Å²) in [5.41, 5.74) is 3.72. The average molecular weight is 503 g/mol. The lowest BCUT2D eigenvalue weighted by Gasteiger charge is -2.36. The van der Waals surface area contributed by atoms with Gasteiger partial charge >= 0.3 is 0 Å². The third kappa shape index (κ3) is 4.25. The van der Waals surface area contributed by atoms with Gasteiger partial charge in [0.25, 0.3) is 0 Å². The van der Waals surface area contributed by atoms with Crippen LogP contribution in [0.25, 0.3) is 17.0 Å². The van der Waals surface area contributed by atoms with Gasteiger partial charge in [0.05, 0.1) is 41.6 Å². The van der Waals surface area contributed by atoms with Crippen LogP contribution in [0.1, 0.15) is 12.5 Å². The quantitative estimate of drug-likeness (QED) is 0.439. The smallest absolute Gasteiger partial charge is 0.227 e. The molecule has 0 spiro atoms. The van der Waals surface area contributed by atoms with Gasteiger partial charge < -0.3 is 19.9 Å². The highest BCUT2D eigenvalue weighted by atomic mass is 35.5. The number of benzene rings is 1. The Balaban J connectivity index is 1.46. The predicted octanol–water partition coefficient (Wildman–Crippen LogP) is 3.74. The zero-order valence-corrected chi connectivity index (χ0v) is 20.5. The van der Waals surface area contributed by atoms with Crippen molar-refractivity contribution in [2.45, 2.75) is 6.92 Å². The van der Waals surface area contributed by atoms with Crippen LogP contribution in [0.15, 0.2) is 48.9 Å². The van der Waals surface area contributed by atoms with Crippen LogP contribution in [0.5, 0.6) is 5.75 Å². The molecule has 1 aromatic carbocycles. The molecule has 1 saturated heterocycles. The lowest BCUT2D eigenvalue weighted by atomic mass is 10.1. The fraction of sp³-hybridized carbons (Fsp3) is 0.240. The van der Waals surface area contributed by atoms with Gasteiger partial charge in [0.2, 0.25) is 11.9 Å². The van der Waals surface area contributed by atoms with Gasteiger partial charge in [-0.05, 0) is 24.3 Å². The summed E-state index contributed by atoms with van der Waals surface area (Å²) in [4.78, 5) is 28.9. The van der Waals surface area contributed by atoms with Crippen molar-refractivity contribution in [3.05, 3.63) is 59.5 Å². The highest BCUT2D eigenvalue weighted by molar-refractivity contribution is 6.32. The minimum absolute atomic E-state index is 0.0542. The largest absolute Gasteiger partial charge is 0.493 e. The maximum Gasteiger partial charge on any atom is 0.227 e. The van der Waals surface area contributed by atoms with Crippen molar-refractivity contribution in [1.82, 2.24) is 24.3 Å². The third-order valence-electron chi connectivity index (χ3n) is 6.17. The Morgan fingerprint density at radius 3 is 2.67 bits per heavy atom. The highest BCUT2D eigenvalue weighted by Crippen LogP contribution is 2.37. The molecule has 4 heterocycles. The molecule has 1 amide bonds. The number of amides is 1. The van der Waals surface area contributed by atoms with Crippen LogP contribution < -0.4 is 15.0 Å². The number of nitrogens with one attached hydrogen (secondary N) is 1. The Labute approximate surface area is 212 Å². The molecule has 11 heteroatoms. The molecule has 0 atom stereocenters. The summed E-state index contributed by atoms with van der Waals surface area (Å²) in [6.07, 6.45) is 5.12. The molecule has 1 aliphatic rings. The summed E-state index contributed by atoms with van der Waals surface area (Å²) in [6.45, 7) is 4.04. The van der Waals surface area contributed by atoms with Gasteiger partial charge in [-0.15, -0.1) is 0 Å². The van der Waals surface area contributed by atoms with Crippen LogP contribution in [0, 0.1) is 11.3 Å². The van der Waals surface area contributed by atoms with E-state index >= 15 is 0 Å². The molecule has 10 nitrogen and oxygen atoms in total. The van der Waals surface area contributed by atoms with Crippen LogP contribution in [0.3, 0.4) is 0 Å². The zero-order valence-electron chi connectivity index (χ0n) is 19.8. The van der Waals surface area contributed by atoms with E-state index < -0.39 is 0 Å². The number of hydrogen-bond donors (Lipinski definition) is 1. The van der Waals surface area contributed by atoms with Crippen molar-refractivity contribution < 1.29 is 9.53 Å².